The summed E-state index contributed by atoms with van der Waals surface area (Å²) in [4.78, 5) is 21.5. The lowest BCUT2D eigenvalue weighted by atomic mass is 9.96. The van der Waals surface area contributed by atoms with Crippen LogP contribution in [0.2, 0.25) is 0 Å². The Labute approximate surface area is 195 Å². The van der Waals surface area contributed by atoms with Gasteiger partial charge in [-0.2, -0.15) is 5.21 Å². The minimum absolute atomic E-state index is 0.122. The second-order valence-corrected chi connectivity index (χ2v) is 9.47. The molecule has 2 aliphatic rings. The van der Waals surface area contributed by atoms with Crippen molar-refractivity contribution in [2.75, 3.05) is 0 Å². The second kappa shape index (κ2) is 8.04. The van der Waals surface area contributed by atoms with Crippen molar-refractivity contribution >= 4 is 23.1 Å². The first-order valence-corrected chi connectivity index (χ1v) is 12.0. The van der Waals surface area contributed by atoms with Crippen LogP contribution in [0.25, 0.3) is 22.5 Å². The van der Waals surface area contributed by atoms with E-state index >= 15 is 0 Å². The van der Waals surface area contributed by atoms with Crippen molar-refractivity contribution in [2.24, 2.45) is 4.99 Å². The summed E-state index contributed by atoms with van der Waals surface area (Å²) in [5.74, 6) is 1.45. The molecule has 0 unspecified atom stereocenters. The van der Waals surface area contributed by atoms with Crippen LogP contribution in [0.4, 0.5) is 0 Å². The summed E-state index contributed by atoms with van der Waals surface area (Å²) in [6.45, 7) is 0.456. The van der Waals surface area contributed by atoms with Crippen LogP contribution in [-0.2, 0) is 11.3 Å². The van der Waals surface area contributed by atoms with E-state index in [1.807, 2.05) is 40.6 Å². The largest absolute Gasteiger partial charge is 0.289 e. The summed E-state index contributed by atoms with van der Waals surface area (Å²) in [6.07, 6.45) is 3.76. The van der Waals surface area contributed by atoms with Gasteiger partial charge >= 0.3 is 0 Å². The van der Waals surface area contributed by atoms with E-state index in [9.17, 15) is 4.79 Å². The van der Waals surface area contributed by atoms with Gasteiger partial charge in [0.25, 0.3) is 5.91 Å². The first kappa shape index (κ1) is 20.0. The number of aromatic amines is 1. The van der Waals surface area contributed by atoms with Gasteiger partial charge in [-0.15, -0.1) is 21.5 Å². The number of tetrazole rings is 1. The number of aromatic nitrogens is 4. The average molecular weight is 455 g/mol. The highest BCUT2D eigenvalue weighted by Crippen LogP contribution is 2.41. The average Bonchev–Trinajstić information content (AvgIpc) is 3.66. The van der Waals surface area contributed by atoms with Crippen molar-refractivity contribution in [1.82, 2.24) is 25.5 Å². The predicted molar refractivity (Wildman–Crippen MR) is 128 cm³/mol. The van der Waals surface area contributed by atoms with E-state index in [-0.39, 0.29) is 5.91 Å². The molecule has 0 bridgehead atoms. The molecule has 1 spiro atoms. The molecule has 1 amide bonds. The molecule has 4 aromatic rings. The van der Waals surface area contributed by atoms with Crippen LogP contribution < -0.4 is 0 Å². The van der Waals surface area contributed by atoms with Gasteiger partial charge in [-0.1, -0.05) is 61.4 Å². The number of hydrogen-bond acceptors (Lipinski definition) is 6. The minimum atomic E-state index is -0.584. The maximum Gasteiger partial charge on any atom is 0.256 e. The Balaban J connectivity index is 1.40. The molecule has 33 heavy (non-hydrogen) atoms. The van der Waals surface area contributed by atoms with Crippen molar-refractivity contribution in [3.05, 3.63) is 76.5 Å². The maximum atomic E-state index is 13.6. The van der Waals surface area contributed by atoms with Gasteiger partial charge in [-0.05, 0) is 52.3 Å². The maximum absolute atomic E-state index is 13.6. The molecule has 3 heterocycles. The number of carbonyl (C=O) groups is 1. The van der Waals surface area contributed by atoms with Crippen molar-refractivity contribution in [3.8, 4) is 22.5 Å². The topological polar surface area (TPSA) is 87.1 Å². The number of nitrogens with zero attached hydrogens (tertiary/aromatic N) is 5. The monoisotopic (exact) mass is 454 g/mol. The van der Waals surface area contributed by atoms with Crippen molar-refractivity contribution in [3.63, 3.8) is 0 Å². The Morgan fingerprint density at radius 1 is 1.00 bits per heavy atom. The zero-order valence-corrected chi connectivity index (χ0v) is 18.8. The fourth-order valence-electron chi connectivity index (χ4n) is 4.89. The molecule has 1 aliphatic heterocycles. The molecular weight excluding hydrogens is 432 g/mol. The minimum Gasteiger partial charge on any atom is -0.289 e. The lowest BCUT2D eigenvalue weighted by molar-refractivity contribution is -0.131. The number of H-pyrrole nitrogens is 1. The predicted octanol–water partition coefficient (Wildman–Crippen LogP) is 4.70. The number of nitrogens with one attached hydrogen (secondary N) is 1. The van der Waals surface area contributed by atoms with Crippen LogP contribution >= 0.6 is 11.3 Å². The number of rotatable bonds is 5. The smallest absolute Gasteiger partial charge is 0.256 e. The third-order valence-corrected chi connectivity index (χ3v) is 7.35. The fourth-order valence-corrected chi connectivity index (χ4v) is 5.61. The van der Waals surface area contributed by atoms with Crippen molar-refractivity contribution in [2.45, 2.75) is 37.8 Å². The van der Waals surface area contributed by atoms with Gasteiger partial charge < -0.3 is 0 Å². The van der Waals surface area contributed by atoms with Crippen LogP contribution in [0.3, 0.4) is 0 Å². The quantitative estimate of drug-likeness (QED) is 0.474. The summed E-state index contributed by atoms with van der Waals surface area (Å²) in [5, 5.41) is 16.8. The van der Waals surface area contributed by atoms with Gasteiger partial charge in [0.15, 0.2) is 0 Å². The fraction of sp³-hybridized carbons (Fsp3) is 0.240. The molecule has 164 valence electrons. The molecule has 8 heteroatoms. The number of benzene rings is 2. The highest BCUT2D eigenvalue weighted by molar-refractivity contribution is 7.12. The van der Waals surface area contributed by atoms with Crippen LogP contribution in [0, 0.1) is 0 Å². The Morgan fingerprint density at radius 3 is 2.58 bits per heavy atom. The summed E-state index contributed by atoms with van der Waals surface area (Å²) >= 11 is 1.62. The zero-order chi connectivity index (χ0) is 22.3. The molecule has 0 atom stereocenters. The zero-order valence-electron chi connectivity index (χ0n) is 17.9. The molecule has 0 saturated heterocycles. The van der Waals surface area contributed by atoms with Crippen molar-refractivity contribution in [1.29, 1.82) is 0 Å². The molecule has 1 aliphatic carbocycles. The number of hydrogen-bond donors (Lipinski definition) is 1. The Morgan fingerprint density at radius 2 is 1.85 bits per heavy atom. The first-order chi connectivity index (χ1) is 16.2. The third kappa shape index (κ3) is 3.47. The molecule has 0 radical (unpaired) electrons. The molecule has 2 aromatic heterocycles. The standard InChI is InChI=1S/C25H22N6OS/c32-24-25(12-4-5-13-25)26-23(21-9-6-14-33-21)31(24)16-17-10-11-19(18-7-2-1-3-8-18)20(15-17)22-27-29-30-28-22/h1-3,6-11,14-15H,4-5,12-13,16H2,(H,27,28,29,30). The molecule has 6 rings (SSSR count). The molecule has 2 aromatic carbocycles. The summed E-state index contributed by atoms with van der Waals surface area (Å²) < 4.78 is 0. The van der Waals surface area contributed by atoms with Crippen LogP contribution in [0.1, 0.15) is 36.1 Å². The molecule has 1 saturated carbocycles. The van der Waals surface area contributed by atoms with Gasteiger partial charge in [0.05, 0.1) is 11.4 Å². The Bertz CT molecular complexity index is 1310. The number of carbonyl (C=O) groups excluding carboxylic acids is 1. The molecule has 1 N–H and O–H groups in total. The number of aliphatic imine (C=N–C) groups is 1. The van der Waals surface area contributed by atoms with E-state index in [4.69, 9.17) is 4.99 Å². The van der Waals surface area contributed by atoms with E-state index < -0.39 is 5.54 Å². The highest BCUT2D eigenvalue weighted by atomic mass is 32.1. The van der Waals surface area contributed by atoms with Crippen LogP contribution in [0.15, 0.2) is 71.0 Å². The lowest BCUT2D eigenvalue weighted by Gasteiger charge is -2.23. The van der Waals surface area contributed by atoms with Gasteiger partial charge in [0.2, 0.25) is 5.82 Å². The lowest BCUT2D eigenvalue weighted by Crippen LogP contribution is -2.40. The van der Waals surface area contributed by atoms with Crippen LogP contribution in [0.5, 0.6) is 0 Å². The van der Waals surface area contributed by atoms with Gasteiger partial charge in [-0.25, -0.2) is 0 Å². The van der Waals surface area contributed by atoms with E-state index in [1.54, 1.807) is 11.3 Å². The van der Waals surface area contributed by atoms with Crippen LogP contribution in [-0.4, -0.2) is 42.8 Å². The van der Waals surface area contributed by atoms with E-state index in [0.717, 1.165) is 58.6 Å². The number of thiophene rings is 1. The molecule has 7 nitrogen and oxygen atoms in total. The Hall–Kier alpha value is -3.65. The SMILES string of the molecule is O=C1N(Cc2ccc(-c3ccccc3)c(-c3nn[nH]n3)c2)C(c2cccs2)=NC12CCCC2. The van der Waals surface area contributed by atoms with Crippen molar-refractivity contribution < 1.29 is 4.79 Å². The molecular formula is C25H22N6OS. The van der Waals surface area contributed by atoms with E-state index in [2.05, 4.69) is 51.0 Å². The van der Waals surface area contributed by atoms with E-state index in [0.29, 0.717) is 12.4 Å². The number of amides is 1. The summed E-state index contributed by atoms with van der Waals surface area (Å²) in [6, 6.07) is 20.4. The summed E-state index contributed by atoms with van der Waals surface area (Å²) in [5.41, 5.74) is 3.39. The first-order valence-electron chi connectivity index (χ1n) is 11.1. The molecule has 1 fully saturated rings. The second-order valence-electron chi connectivity index (χ2n) is 8.52. The third-order valence-electron chi connectivity index (χ3n) is 6.49. The van der Waals surface area contributed by atoms with Gasteiger partial charge in [0.1, 0.15) is 11.4 Å². The number of amidine groups is 1. The van der Waals surface area contributed by atoms with Gasteiger partial charge in [-0.3, -0.25) is 14.7 Å². The van der Waals surface area contributed by atoms with E-state index in [1.165, 1.54) is 0 Å². The Kier molecular flexibility index (Phi) is 4.87. The normalized spacial score (nSPS) is 17.2. The highest BCUT2D eigenvalue weighted by Gasteiger charge is 2.50. The van der Waals surface area contributed by atoms with Gasteiger partial charge in [0, 0.05) is 5.56 Å². The summed E-state index contributed by atoms with van der Waals surface area (Å²) in [7, 11) is 0.